The summed E-state index contributed by atoms with van der Waals surface area (Å²) in [6.45, 7) is 4.30. The molecule has 3 heteroatoms. The van der Waals surface area contributed by atoms with E-state index in [2.05, 4.69) is 36.5 Å². The predicted molar refractivity (Wildman–Crippen MR) is 109 cm³/mol. The molecule has 26 heavy (non-hydrogen) atoms. The third-order valence-corrected chi connectivity index (χ3v) is 4.35. The molecule has 0 radical (unpaired) electrons. The van der Waals surface area contributed by atoms with Crippen LogP contribution in [-0.4, -0.2) is 5.91 Å². The average Bonchev–Trinajstić information content (AvgIpc) is 2.63. The van der Waals surface area contributed by atoms with Crippen molar-refractivity contribution in [2.75, 3.05) is 5.32 Å². The van der Waals surface area contributed by atoms with Gasteiger partial charge in [-0.3, -0.25) is 4.79 Å². The second-order valence-electron chi connectivity index (χ2n) is 6.84. The Bertz CT molecular complexity index is 667. The fourth-order valence-corrected chi connectivity index (χ4v) is 3.01. The van der Waals surface area contributed by atoms with Gasteiger partial charge in [0.2, 0.25) is 5.91 Å². The summed E-state index contributed by atoms with van der Waals surface area (Å²) in [5.41, 5.74) is 3.16. The number of unbranched alkanes of at least 4 members (excludes halogenated alkanes) is 5. The van der Waals surface area contributed by atoms with Gasteiger partial charge in [-0.05, 0) is 36.1 Å². The van der Waals surface area contributed by atoms with Crippen LogP contribution in [0.4, 0.5) is 5.69 Å². The molecule has 0 unspecified atom stereocenters. The lowest BCUT2D eigenvalue weighted by Crippen LogP contribution is -2.06. The predicted octanol–water partition coefficient (Wildman–Crippen LogP) is 6.13. The molecule has 0 fully saturated rings. The van der Waals surface area contributed by atoms with Crippen LogP contribution in [0.1, 0.15) is 63.5 Å². The SMILES string of the molecule is CCCCCCCCc1cc(NC(C)=O)cc(OCc2ccccc2)c1. The smallest absolute Gasteiger partial charge is 0.221 e. The molecule has 0 aliphatic heterocycles. The van der Waals surface area contributed by atoms with Crippen molar-refractivity contribution in [3.05, 3.63) is 59.7 Å². The van der Waals surface area contributed by atoms with Gasteiger partial charge in [-0.25, -0.2) is 0 Å². The Kier molecular flexibility index (Phi) is 8.74. The van der Waals surface area contributed by atoms with Gasteiger partial charge < -0.3 is 10.1 Å². The third kappa shape index (κ3) is 7.73. The van der Waals surface area contributed by atoms with E-state index < -0.39 is 0 Å². The maximum absolute atomic E-state index is 11.4. The first-order valence-corrected chi connectivity index (χ1v) is 9.75. The molecule has 0 spiro atoms. The van der Waals surface area contributed by atoms with Crippen LogP contribution in [-0.2, 0) is 17.8 Å². The fourth-order valence-electron chi connectivity index (χ4n) is 3.01. The normalized spacial score (nSPS) is 10.5. The Morgan fingerprint density at radius 2 is 1.65 bits per heavy atom. The molecule has 0 aliphatic carbocycles. The Labute approximate surface area is 157 Å². The summed E-state index contributed by atoms with van der Waals surface area (Å²) < 4.78 is 5.96. The minimum Gasteiger partial charge on any atom is -0.489 e. The number of carbonyl (C=O) groups is 1. The highest BCUT2D eigenvalue weighted by Gasteiger charge is 2.05. The van der Waals surface area contributed by atoms with E-state index in [4.69, 9.17) is 4.74 Å². The summed E-state index contributed by atoms with van der Waals surface area (Å²) in [6, 6.07) is 16.2. The molecule has 2 aromatic carbocycles. The Morgan fingerprint density at radius 1 is 0.923 bits per heavy atom. The summed E-state index contributed by atoms with van der Waals surface area (Å²) in [6.07, 6.45) is 8.68. The summed E-state index contributed by atoms with van der Waals surface area (Å²) in [7, 11) is 0. The average molecular weight is 354 g/mol. The number of benzene rings is 2. The molecule has 2 aromatic rings. The molecule has 2 rings (SSSR count). The third-order valence-electron chi connectivity index (χ3n) is 4.35. The quantitative estimate of drug-likeness (QED) is 0.494. The molecule has 0 bridgehead atoms. The lowest BCUT2D eigenvalue weighted by atomic mass is 10.0. The van der Waals surface area contributed by atoms with E-state index in [1.807, 2.05) is 24.3 Å². The number of hydrogen-bond acceptors (Lipinski definition) is 2. The van der Waals surface area contributed by atoms with E-state index in [0.717, 1.165) is 23.4 Å². The summed E-state index contributed by atoms with van der Waals surface area (Å²) in [4.78, 5) is 11.4. The van der Waals surface area contributed by atoms with Gasteiger partial charge in [0, 0.05) is 18.7 Å². The standard InChI is InChI=1S/C23H31NO2/c1-3-4-5-6-7-9-14-21-15-22(24-19(2)25)17-23(16-21)26-18-20-12-10-8-11-13-20/h8,10-13,15-17H,3-7,9,14,18H2,1-2H3,(H,24,25). The van der Waals surface area contributed by atoms with Crippen LogP contribution in [0, 0.1) is 0 Å². The summed E-state index contributed by atoms with van der Waals surface area (Å²) in [5, 5.41) is 2.88. The van der Waals surface area contributed by atoms with Crippen molar-refractivity contribution in [1.82, 2.24) is 0 Å². The van der Waals surface area contributed by atoms with Crippen molar-refractivity contribution in [3.8, 4) is 5.75 Å². The molecule has 1 amide bonds. The van der Waals surface area contributed by atoms with Gasteiger partial charge in [-0.2, -0.15) is 0 Å². The first kappa shape index (κ1) is 20.0. The van der Waals surface area contributed by atoms with Crippen molar-refractivity contribution >= 4 is 11.6 Å². The van der Waals surface area contributed by atoms with Crippen LogP contribution in [0.5, 0.6) is 5.75 Å². The minimum atomic E-state index is -0.0595. The molecular formula is C23H31NO2. The Morgan fingerprint density at radius 3 is 2.38 bits per heavy atom. The summed E-state index contributed by atoms with van der Waals surface area (Å²) in [5.74, 6) is 0.747. The van der Waals surface area contributed by atoms with E-state index in [0.29, 0.717) is 6.61 Å². The number of aryl methyl sites for hydroxylation is 1. The van der Waals surface area contributed by atoms with Gasteiger partial charge in [0.25, 0.3) is 0 Å². The maximum Gasteiger partial charge on any atom is 0.221 e. The first-order chi connectivity index (χ1) is 12.7. The van der Waals surface area contributed by atoms with Gasteiger partial charge in [0.15, 0.2) is 0 Å². The van der Waals surface area contributed by atoms with Crippen LogP contribution in [0.3, 0.4) is 0 Å². The van der Waals surface area contributed by atoms with Crippen molar-refractivity contribution in [3.63, 3.8) is 0 Å². The van der Waals surface area contributed by atoms with Crippen LogP contribution >= 0.6 is 0 Å². The van der Waals surface area contributed by atoms with Crippen LogP contribution in [0.25, 0.3) is 0 Å². The number of amides is 1. The maximum atomic E-state index is 11.4. The molecule has 0 aromatic heterocycles. The highest BCUT2D eigenvalue weighted by atomic mass is 16.5. The zero-order chi connectivity index (χ0) is 18.6. The molecule has 1 N–H and O–H groups in total. The highest BCUT2D eigenvalue weighted by Crippen LogP contribution is 2.24. The second-order valence-corrected chi connectivity index (χ2v) is 6.84. The van der Waals surface area contributed by atoms with Gasteiger partial charge >= 0.3 is 0 Å². The Balaban J connectivity index is 1.95. The molecule has 0 heterocycles. The number of nitrogens with one attached hydrogen (secondary N) is 1. The summed E-state index contributed by atoms with van der Waals surface area (Å²) >= 11 is 0. The van der Waals surface area contributed by atoms with Crippen molar-refractivity contribution < 1.29 is 9.53 Å². The highest BCUT2D eigenvalue weighted by molar-refractivity contribution is 5.89. The number of hydrogen-bond donors (Lipinski definition) is 1. The van der Waals surface area contributed by atoms with Crippen LogP contribution in [0.15, 0.2) is 48.5 Å². The molecule has 0 atom stereocenters. The lowest BCUT2D eigenvalue weighted by molar-refractivity contribution is -0.114. The van der Waals surface area contributed by atoms with E-state index in [1.165, 1.54) is 51.0 Å². The van der Waals surface area contributed by atoms with Crippen LogP contribution in [0.2, 0.25) is 0 Å². The van der Waals surface area contributed by atoms with Crippen LogP contribution < -0.4 is 10.1 Å². The molecule has 0 saturated heterocycles. The molecular weight excluding hydrogens is 322 g/mol. The van der Waals surface area contributed by atoms with Gasteiger partial charge in [0.05, 0.1) is 0 Å². The monoisotopic (exact) mass is 353 g/mol. The molecule has 140 valence electrons. The van der Waals surface area contributed by atoms with Crippen molar-refractivity contribution in [2.45, 2.75) is 65.4 Å². The topological polar surface area (TPSA) is 38.3 Å². The van der Waals surface area contributed by atoms with Gasteiger partial charge in [-0.1, -0.05) is 69.4 Å². The largest absolute Gasteiger partial charge is 0.489 e. The molecule has 3 nitrogen and oxygen atoms in total. The minimum absolute atomic E-state index is 0.0595. The van der Waals surface area contributed by atoms with Gasteiger partial charge in [0.1, 0.15) is 12.4 Å². The van der Waals surface area contributed by atoms with E-state index in [-0.39, 0.29) is 5.91 Å². The van der Waals surface area contributed by atoms with E-state index in [1.54, 1.807) is 0 Å². The van der Waals surface area contributed by atoms with Gasteiger partial charge in [-0.15, -0.1) is 0 Å². The lowest BCUT2D eigenvalue weighted by Gasteiger charge is -2.12. The fraction of sp³-hybridized carbons (Fsp3) is 0.435. The number of anilines is 1. The van der Waals surface area contributed by atoms with Crippen molar-refractivity contribution in [1.29, 1.82) is 0 Å². The van der Waals surface area contributed by atoms with E-state index in [9.17, 15) is 4.79 Å². The first-order valence-electron chi connectivity index (χ1n) is 9.75. The second kappa shape index (κ2) is 11.3. The Hall–Kier alpha value is -2.29. The molecule has 0 aliphatic rings. The number of carbonyl (C=O) groups excluding carboxylic acids is 1. The van der Waals surface area contributed by atoms with Crippen molar-refractivity contribution in [2.24, 2.45) is 0 Å². The zero-order valence-corrected chi connectivity index (χ0v) is 16.1. The number of ether oxygens (including phenoxy) is 1. The molecule has 0 saturated carbocycles. The number of rotatable bonds is 11. The zero-order valence-electron chi connectivity index (χ0n) is 16.1. The van der Waals surface area contributed by atoms with E-state index >= 15 is 0 Å².